The van der Waals surface area contributed by atoms with Gasteiger partial charge in [-0.05, 0) is 40.8 Å². The molecule has 0 amide bonds. The van der Waals surface area contributed by atoms with E-state index in [-0.39, 0.29) is 6.42 Å². The van der Waals surface area contributed by atoms with Gasteiger partial charge < -0.3 is 14.7 Å². The zero-order valence-electron chi connectivity index (χ0n) is 17.7. The molecule has 0 aliphatic carbocycles. The van der Waals surface area contributed by atoms with Crippen molar-refractivity contribution in [3.05, 3.63) is 90.0 Å². The molecule has 0 heterocycles. The number of benzene rings is 3. The molecular formula is C26H27NO4. The fourth-order valence-electron chi connectivity index (χ4n) is 3.21. The second-order valence-corrected chi connectivity index (χ2v) is 7.13. The predicted molar refractivity (Wildman–Crippen MR) is 123 cm³/mol. The van der Waals surface area contributed by atoms with Crippen LogP contribution in [0.3, 0.4) is 0 Å². The van der Waals surface area contributed by atoms with Crippen molar-refractivity contribution in [2.75, 3.05) is 13.2 Å². The van der Waals surface area contributed by atoms with Gasteiger partial charge in [-0.1, -0.05) is 85.2 Å². The van der Waals surface area contributed by atoms with Crippen LogP contribution in [0.5, 0.6) is 5.75 Å². The highest BCUT2D eigenvalue weighted by Crippen LogP contribution is 2.20. The molecule has 5 nitrogen and oxygen atoms in total. The average molecular weight is 418 g/mol. The van der Waals surface area contributed by atoms with Gasteiger partial charge in [-0.25, -0.2) is 0 Å². The summed E-state index contributed by atoms with van der Waals surface area (Å²) in [5, 5.41) is 13.2. The van der Waals surface area contributed by atoms with E-state index < -0.39 is 5.97 Å². The molecule has 0 aliphatic heterocycles. The van der Waals surface area contributed by atoms with E-state index in [1.54, 1.807) is 24.3 Å². The Morgan fingerprint density at radius 1 is 0.903 bits per heavy atom. The molecule has 0 saturated carbocycles. The summed E-state index contributed by atoms with van der Waals surface area (Å²) < 4.78 is 5.65. The number of ether oxygens (including phenoxy) is 1. The standard InChI is InChI=1S/C26H27NO4/c1-2-7-25(23-14-12-22(13-15-23)21-9-4-3-5-10-21)27-31-17-16-30-24-11-6-8-20(18-24)19-26(28)29/h3-6,8-15,18H,2,7,16-17,19H2,1H3,(H,28,29)/b27-25+. The summed E-state index contributed by atoms with van der Waals surface area (Å²) >= 11 is 0. The van der Waals surface area contributed by atoms with E-state index in [9.17, 15) is 4.79 Å². The number of oxime groups is 1. The molecule has 3 aromatic carbocycles. The van der Waals surface area contributed by atoms with E-state index in [1.807, 2.05) is 18.2 Å². The quantitative estimate of drug-likeness (QED) is 0.251. The summed E-state index contributed by atoms with van der Waals surface area (Å²) in [5.74, 6) is -0.244. The van der Waals surface area contributed by atoms with E-state index in [0.29, 0.717) is 24.5 Å². The first kappa shape index (κ1) is 22.1. The SMILES string of the molecule is CCC/C(=N\OCCOc1cccc(CC(=O)O)c1)c1ccc(-c2ccccc2)cc1. The Labute approximate surface area is 182 Å². The Bertz CT molecular complexity index is 997. The van der Waals surface area contributed by atoms with Crippen LogP contribution < -0.4 is 4.74 Å². The minimum atomic E-state index is -0.866. The maximum atomic E-state index is 10.8. The van der Waals surface area contributed by atoms with Crippen LogP contribution in [0.2, 0.25) is 0 Å². The summed E-state index contributed by atoms with van der Waals surface area (Å²) in [6.07, 6.45) is 1.76. The summed E-state index contributed by atoms with van der Waals surface area (Å²) in [5.41, 5.74) is 5.01. The van der Waals surface area contributed by atoms with E-state index in [2.05, 4.69) is 48.5 Å². The fourth-order valence-corrected chi connectivity index (χ4v) is 3.21. The third-order valence-electron chi connectivity index (χ3n) is 4.68. The average Bonchev–Trinajstić information content (AvgIpc) is 2.79. The number of nitrogens with zero attached hydrogens (tertiary/aromatic N) is 1. The van der Waals surface area contributed by atoms with Gasteiger partial charge in [-0.2, -0.15) is 0 Å². The van der Waals surface area contributed by atoms with Crippen LogP contribution in [0.15, 0.2) is 84.0 Å². The van der Waals surface area contributed by atoms with Gasteiger partial charge >= 0.3 is 5.97 Å². The molecule has 0 radical (unpaired) electrons. The van der Waals surface area contributed by atoms with Crippen LogP contribution in [0.1, 0.15) is 30.9 Å². The van der Waals surface area contributed by atoms with Crippen molar-refractivity contribution in [3.8, 4) is 16.9 Å². The van der Waals surface area contributed by atoms with E-state index >= 15 is 0 Å². The van der Waals surface area contributed by atoms with Crippen molar-refractivity contribution < 1.29 is 19.5 Å². The molecule has 0 fully saturated rings. The van der Waals surface area contributed by atoms with Gasteiger partial charge in [-0.3, -0.25) is 4.79 Å². The zero-order chi connectivity index (χ0) is 21.9. The number of carboxylic acid groups (broad SMARTS) is 1. The van der Waals surface area contributed by atoms with E-state index in [0.717, 1.165) is 24.1 Å². The van der Waals surface area contributed by atoms with Crippen LogP contribution in [0, 0.1) is 0 Å². The third-order valence-corrected chi connectivity index (χ3v) is 4.68. The number of rotatable bonds is 11. The maximum Gasteiger partial charge on any atom is 0.307 e. The Hall–Kier alpha value is -3.60. The molecule has 3 aromatic rings. The highest BCUT2D eigenvalue weighted by molar-refractivity contribution is 6.00. The lowest BCUT2D eigenvalue weighted by Crippen LogP contribution is -2.07. The lowest BCUT2D eigenvalue weighted by molar-refractivity contribution is -0.136. The second-order valence-electron chi connectivity index (χ2n) is 7.13. The largest absolute Gasteiger partial charge is 0.490 e. The van der Waals surface area contributed by atoms with Gasteiger partial charge in [0.15, 0.2) is 6.61 Å². The van der Waals surface area contributed by atoms with Crippen LogP contribution in [-0.2, 0) is 16.1 Å². The van der Waals surface area contributed by atoms with Crippen molar-refractivity contribution in [3.63, 3.8) is 0 Å². The Morgan fingerprint density at radius 3 is 2.35 bits per heavy atom. The monoisotopic (exact) mass is 417 g/mol. The summed E-state index contributed by atoms with van der Waals surface area (Å²) in [6.45, 7) is 2.74. The topological polar surface area (TPSA) is 68.1 Å². The van der Waals surface area contributed by atoms with Crippen molar-refractivity contribution in [1.82, 2.24) is 0 Å². The first-order valence-electron chi connectivity index (χ1n) is 10.4. The molecule has 0 saturated heterocycles. The molecule has 160 valence electrons. The minimum Gasteiger partial charge on any atom is -0.490 e. The lowest BCUT2D eigenvalue weighted by atomic mass is 10.0. The number of hydrogen-bond donors (Lipinski definition) is 1. The first-order chi connectivity index (χ1) is 15.2. The van der Waals surface area contributed by atoms with E-state index in [1.165, 1.54) is 11.1 Å². The number of carboxylic acids is 1. The first-order valence-corrected chi connectivity index (χ1v) is 10.4. The summed E-state index contributed by atoms with van der Waals surface area (Å²) in [4.78, 5) is 16.3. The number of carbonyl (C=O) groups is 1. The molecular weight excluding hydrogens is 390 g/mol. The Balaban J connectivity index is 1.55. The molecule has 0 atom stereocenters. The maximum absolute atomic E-state index is 10.8. The summed E-state index contributed by atoms with van der Waals surface area (Å²) in [7, 11) is 0. The van der Waals surface area contributed by atoms with Gasteiger partial charge in [0.25, 0.3) is 0 Å². The molecule has 0 aromatic heterocycles. The third kappa shape index (κ3) is 7.00. The van der Waals surface area contributed by atoms with Gasteiger partial charge in [0.05, 0.1) is 12.1 Å². The van der Waals surface area contributed by atoms with Gasteiger partial charge in [0, 0.05) is 0 Å². The Kier molecular flexibility index (Phi) is 8.23. The molecule has 31 heavy (non-hydrogen) atoms. The molecule has 5 heteroatoms. The van der Waals surface area contributed by atoms with Gasteiger partial charge in [0.1, 0.15) is 12.4 Å². The van der Waals surface area contributed by atoms with Crippen molar-refractivity contribution in [2.24, 2.45) is 5.16 Å². The second kappa shape index (κ2) is 11.6. The number of aliphatic carboxylic acids is 1. The fraction of sp³-hybridized carbons (Fsp3) is 0.231. The van der Waals surface area contributed by atoms with Crippen molar-refractivity contribution >= 4 is 11.7 Å². The van der Waals surface area contributed by atoms with Crippen molar-refractivity contribution in [2.45, 2.75) is 26.2 Å². The molecule has 1 N–H and O–H groups in total. The molecule has 0 aliphatic rings. The Morgan fingerprint density at radius 2 is 1.65 bits per heavy atom. The molecule has 0 unspecified atom stereocenters. The van der Waals surface area contributed by atoms with E-state index in [4.69, 9.17) is 14.7 Å². The van der Waals surface area contributed by atoms with Gasteiger partial charge in [-0.15, -0.1) is 0 Å². The molecule has 0 spiro atoms. The minimum absolute atomic E-state index is 0.0264. The smallest absolute Gasteiger partial charge is 0.307 e. The highest BCUT2D eigenvalue weighted by Gasteiger charge is 2.06. The van der Waals surface area contributed by atoms with Gasteiger partial charge in [0.2, 0.25) is 0 Å². The van der Waals surface area contributed by atoms with Crippen molar-refractivity contribution in [1.29, 1.82) is 0 Å². The lowest BCUT2D eigenvalue weighted by Gasteiger charge is -2.09. The zero-order valence-corrected chi connectivity index (χ0v) is 17.7. The molecule has 0 bridgehead atoms. The van der Waals surface area contributed by atoms with Crippen LogP contribution in [0.25, 0.3) is 11.1 Å². The number of hydrogen-bond acceptors (Lipinski definition) is 4. The summed E-state index contributed by atoms with van der Waals surface area (Å²) in [6, 6.07) is 25.7. The van der Waals surface area contributed by atoms with Crippen LogP contribution in [0.4, 0.5) is 0 Å². The van der Waals surface area contributed by atoms with Crippen LogP contribution >= 0.6 is 0 Å². The highest BCUT2D eigenvalue weighted by atomic mass is 16.6. The molecule has 3 rings (SSSR count). The van der Waals surface area contributed by atoms with Crippen LogP contribution in [-0.4, -0.2) is 30.0 Å². The normalized spacial score (nSPS) is 11.2. The predicted octanol–water partition coefficient (Wildman–Crippen LogP) is 5.58.